The number of benzene rings is 2. The van der Waals surface area contributed by atoms with Crippen LogP contribution in [0.15, 0.2) is 33.1 Å². The molecule has 0 radical (unpaired) electrons. The number of hydrogen-bond acceptors (Lipinski definition) is 8. The zero-order valence-corrected chi connectivity index (χ0v) is 12.8. The maximum atomic E-state index is 8.97. The zero-order chi connectivity index (χ0) is 18.3. The van der Waals surface area contributed by atoms with Crippen LogP contribution in [0, 0.1) is 45.3 Å². The second-order valence-electron chi connectivity index (χ2n) is 5.16. The van der Waals surface area contributed by atoms with E-state index in [9.17, 15) is 0 Å². The molecule has 0 bridgehead atoms. The van der Waals surface area contributed by atoms with E-state index in [2.05, 4.69) is 9.97 Å². The minimum Gasteiger partial charge on any atom is -0.434 e. The van der Waals surface area contributed by atoms with E-state index < -0.39 is 0 Å². The summed E-state index contributed by atoms with van der Waals surface area (Å²) in [5, 5.41) is 37.2. The molecule has 0 unspecified atom stereocenters. The molecule has 8 nitrogen and oxygen atoms in total. The molecule has 0 aliphatic rings. The summed E-state index contributed by atoms with van der Waals surface area (Å²) in [4.78, 5) is 8.32. The maximum absolute atomic E-state index is 8.97. The Balaban J connectivity index is 2.17. The first kappa shape index (κ1) is 14.9. The van der Waals surface area contributed by atoms with Gasteiger partial charge in [-0.3, -0.25) is 0 Å². The fraction of sp³-hybridized carbons (Fsp3) is 0. The molecule has 0 amide bonds. The van der Waals surface area contributed by atoms with Crippen molar-refractivity contribution in [1.29, 1.82) is 21.0 Å². The van der Waals surface area contributed by atoms with Crippen LogP contribution in [0.4, 0.5) is 0 Å². The molecule has 4 aromatic rings. The summed E-state index contributed by atoms with van der Waals surface area (Å²) in [6, 6.07) is 13.8. The molecule has 0 N–H and O–H groups in total. The van der Waals surface area contributed by atoms with Crippen LogP contribution in [0.25, 0.3) is 44.1 Å². The minimum absolute atomic E-state index is 0.0552. The van der Waals surface area contributed by atoms with Crippen molar-refractivity contribution in [2.45, 2.75) is 0 Å². The zero-order valence-electron chi connectivity index (χ0n) is 12.8. The molecule has 0 aliphatic heterocycles. The van der Waals surface area contributed by atoms with Crippen LogP contribution in [0.1, 0.15) is 0 Å². The van der Waals surface area contributed by atoms with E-state index in [0.29, 0.717) is 33.0 Å². The first-order valence-corrected chi connectivity index (χ1v) is 7.18. The second-order valence-corrected chi connectivity index (χ2v) is 5.16. The van der Waals surface area contributed by atoms with Gasteiger partial charge in [0.2, 0.25) is 11.1 Å². The van der Waals surface area contributed by atoms with Crippen LogP contribution in [0.5, 0.6) is 0 Å². The number of hydrogen-bond donors (Lipinski definition) is 0. The van der Waals surface area contributed by atoms with Crippen molar-refractivity contribution in [2.75, 3.05) is 0 Å². The lowest BCUT2D eigenvalue weighted by Crippen LogP contribution is -2.03. The van der Waals surface area contributed by atoms with Crippen LogP contribution >= 0.6 is 0 Å². The third-order valence-corrected chi connectivity index (χ3v) is 3.78. The average molecular weight is 336 g/mol. The minimum atomic E-state index is -0.223. The smallest absolute Gasteiger partial charge is 0.249 e. The third-order valence-electron chi connectivity index (χ3n) is 3.78. The molecule has 0 atom stereocenters. The molecule has 4 rings (SSSR count). The molecule has 0 spiro atoms. The van der Waals surface area contributed by atoms with Crippen LogP contribution in [0.3, 0.4) is 0 Å². The quantitative estimate of drug-likeness (QED) is 0.469. The van der Waals surface area contributed by atoms with Gasteiger partial charge < -0.3 is 8.83 Å². The van der Waals surface area contributed by atoms with E-state index in [1.807, 2.05) is 0 Å². The van der Waals surface area contributed by atoms with Gasteiger partial charge in [0.25, 0.3) is 0 Å². The third kappa shape index (κ3) is 1.98. The first-order valence-electron chi connectivity index (χ1n) is 7.18. The monoisotopic (exact) mass is 336 g/mol. The van der Waals surface area contributed by atoms with Gasteiger partial charge in [0, 0.05) is 10.8 Å². The Labute approximate surface area is 144 Å². The summed E-state index contributed by atoms with van der Waals surface area (Å²) in [5.41, 5.74) is 1.20. The van der Waals surface area contributed by atoms with Crippen molar-refractivity contribution in [2.24, 2.45) is 0 Å². The van der Waals surface area contributed by atoms with E-state index in [1.54, 1.807) is 48.5 Å². The first-order chi connectivity index (χ1) is 12.7. The van der Waals surface area contributed by atoms with Gasteiger partial charge in [0.1, 0.15) is 35.3 Å². The lowest BCUT2D eigenvalue weighted by atomic mass is 10.1. The molecular weight excluding hydrogens is 332 g/mol. The summed E-state index contributed by atoms with van der Waals surface area (Å²) < 4.78 is 11.2. The lowest BCUT2D eigenvalue weighted by Gasteiger charge is -1.97. The summed E-state index contributed by atoms with van der Waals surface area (Å²) in [7, 11) is 0. The summed E-state index contributed by atoms with van der Waals surface area (Å²) >= 11 is 0. The number of oxazole rings is 2. The van der Waals surface area contributed by atoms with Crippen molar-refractivity contribution in [3.05, 3.63) is 35.4 Å². The number of aromatic nitrogens is 2. The van der Waals surface area contributed by atoms with Gasteiger partial charge in [-0.2, -0.15) is 21.0 Å². The molecule has 26 heavy (non-hydrogen) atoms. The van der Waals surface area contributed by atoms with E-state index >= 15 is 0 Å². The van der Waals surface area contributed by atoms with Gasteiger partial charge in [0.05, 0.1) is 0 Å². The highest BCUT2D eigenvalue weighted by Gasteiger charge is 2.14. The summed E-state index contributed by atoms with van der Waals surface area (Å²) in [6.45, 7) is 0. The molecule has 8 heteroatoms. The Kier molecular flexibility index (Phi) is 3.13. The fourth-order valence-electron chi connectivity index (χ4n) is 2.63. The Morgan fingerprint density at radius 2 is 1.04 bits per heavy atom. The van der Waals surface area contributed by atoms with Gasteiger partial charge in [-0.15, -0.1) is 0 Å². The van der Waals surface area contributed by atoms with Gasteiger partial charge in [-0.05, 0) is 24.3 Å². The molecule has 0 saturated carbocycles. The highest BCUT2D eigenvalue weighted by atomic mass is 16.3. The van der Waals surface area contributed by atoms with Crippen LogP contribution < -0.4 is 11.1 Å². The predicted molar refractivity (Wildman–Crippen MR) is 87.6 cm³/mol. The molecule has 0 saturated heterocycles. The van der Waals surface area contributed by atoms with Gasteiger partial charge in [-0.25, -0.2) is 9.97 Å². The van der Waals surface area contributed by atoms with E-state index in [4.69, 9.17) is 29.9 Å². The Hall–Kier alpha value is -4.66. The van der Waals surface area contributed by atoms with Crippen molar-refractivity contribution >= 4 is 44.1 Å². The standard InChI is InChI=1S/C18H4N6O2/c19-5-9(6-20)17-23-13-3-1-11-12(16(13)26-17)2-4-14-15(11)25-18(24-14)10(7-21)8-22/h1-4H. The lowest BCUT2D eigenvalue weighted by molar-refractivity contribution is 0.560. The molecule has 0 aliphatic carbocycles. The van der Waals surface area contributed by atoms with Gasteiger partial charge >= 0.3 is 0 Å². The van der Waals surface area contributed by atoms with E-state index in [-0.39, 0.29) is 22.2 Å². The fourth-order valence-corrected chi connectivity index (χ4v) is 2.63. The van der Waals surface area contributed by atoms with Crippen molar-refractivity contribution in [1.82, 2.24) is 9.97 Å². The van der Waals surface area contributed by atoms with Gasteiger partial charge in [0.15, 0.2) is 22.3 Å². The number of nitrogens with zero attached hydrogens (tertiary/aromatic N) is 6. The van der Waals surface area contributed by atoms with Crippen LogP contribution in [0.2, 0.25) is 0 Å². The van der Waals surface area contributed by atoms with Crippen LogP contribution in [-0.4, -0.2) is 9.97 Å². The molecule has 118 valence electrons. The molecule has 2 aromatic carbocycles. The second kappa shape index (κ2) is 5.46. The maximum Gasteiger partial charge on any atom is 0.249 e. The SMILES string of the molecule is N#CC(C#N)=c1nc2ccc3c(ccc4nc(=C(C#N)C#N)oc43)c2o1. The highest BCUT2D eigenvalue weighted by Crippen LogP contribution is 2.29. The Morgan fingerprint density at radius 3 is 1.38 bits per heavy atom. The van der Waals surface area contributed by atoms with Crippen molar-refractivity contribution < 1.29 is 8.83 Å². The van der Waals surface area contributed by atoms with E-state index in [0.717, 1.165) is 0 Å². The molecule has 2 heterocycles. The molecule has 2 aromatic heterocycles. The van der Waals surface area contributed by atoms with Gasteiger partial charge in [-0.1, -0.05) is 0 Å². The average Bonchev–Trinajstić information content (AvgIpc) is 3.27. The topological polar surface area (TPSA) is 147 Å². The predicted octanol–water partition coefficient (Wildman–Crippen LogP) is 1.52. The van der Waals surface area contributed by atoms with Crippen LogP contribution in [-0.2, 0) is 0 Å². The largest absolute Gasteiger partial charge is 0.434 e. The Bertz CT molecular complexity index is 1380. The van der Waals surface area contributed by atoms with Crippen molar-refractivity contribution in [3.63, 3.8) is 0 Å². The number of nitriles is 4. The Morgan fingerprint density at radius 1 is 0.654 bits per heavy atom. The summed E-state index contributed by atoms with van der Waals surface area (Å²) in [5.74, 6) is 0. The highest BCUT2D eigenvalue weighted by molar-refractivity contribution is 6.12. The molecular formula is C18H4N6O2. The normalized spacial score (nSPS) is 10.2. The number of fused-ring (bicyclic) bond motifs is 5. The molecule has 0 fully saturated rings. The van der Waals surface area contributed by atoms with Crippen molar-refractivity contribution in [3.8, 4) is 24.3 Å². The number of rotatable bonds is 0. The van der Waals surface area contributed by atoms with E-state index in [1.165, 1.54) is 0 Å². The summed E-state index contributed by atoms with van der Waals surface area (Å²) in [6.07, 6.45) is 0.